The second kappa shape index (κ2) is 13.1. The highest BCUT2D eigenvalue weighted by molar-refractivity contribution is 4.98. The second-order valence-electron chi connectivity index (χ2n) is 15.3. The van der Waals surface area contributed by atoms with Crippen molar-refractivity contribution < 1.29 is 0 Å². The molecule has 0 saturated heterocycles. The van der Waals surface area contributed by atoms with Gasteiger partial charge in [-0.25, -0.2) is 0 Å². The Morgan fingerprint density at radius 1 is 0.543 bits per heavy atom. The van der Waals surface area contributed by atoms with Crippen molar-refractivity contribution >= 4 is 0 Å². The van der Waals surface area contributed by atoms with Crippen LogP contribution in [0.15, 0.2) is 0 Å². The number of hydrogen-bond acceptors (Lipinski definition) is 4. The van der Waals surface area contributed by atoms with E-state index in [1.165, 1.54) is 0 Å². The summed E-state index contributed by atoms with van der Waals surface area (Å²) >= 11 is 0. The molecule has 0 aliphatic heterocycles. The second-order valence-corrected chi connectivity index (χ2v) is 15.3. The van der Waals surface area contributed by atoms with E-state index in [-0.39, 0.29) is 22.2 Å². The molecule has 0 fully saturated rings. The van der Waals surface area contributed by atoms with E-state index in [2.05, 4.69) is 145 Å². The van der Waals surface area contributed by atoms with Gasteiger partial charge in [0.1, 0.15) is 0 Å². The molecule has 0 aromatic heterocycles. The van der Waals surface area contributed by atoms with E-state index in [0.717, 1.165) is 19.3 Å². The summed E-state index contributed by atoms with van der Waals surface area (Å²) in [6, 6.07) is 3.18. The van der Waals surface area contributed by atoms with Gasteiger partial charge in [-0.1, -0.05) is 0 Å². The van der Waals surface area contributed by atoms with Crippen LogP contribution in [0.5, 0.6) is 0 Å². The lowest BCUT2D eigenvalue weighted by Gasteiger charge is -2.48. The van der Waals surface area contributed by atoms with Gasteiger partial charge in [0, 0.05) is 58.4 Å². The fourth-order valence-electron chi connectivity index (χ4n) is 8.19. The van der Waals surface area contributed by atoms with E-state index in [9.17, 15) is 0 Å². The highest BCUT2D eigenvalue weighted by atomic mass is 15.2. The molecule has 0 rings (SSSR count). The number of nitrogens with zero attached hydrogens (tertiary/aromatic N) is 2. The van der Waals surface area contributed by atoms with Crippen LogP contribution < -0.4 is 10.6 Å². The molecule has 35 heavy (non-hydrogen) atoms. The Morgan fingerprint density at radius 2 is 0.971 bits per heavy atom. The van der Waals surface area contributed by atoms with Gasteiger partial charge in [-0.05, 0) is 144 Å². The number of nitrogens with one attached hydrogen (secondary N) is 2. The van der Waals surface area contributed by atoms with Crippen LogP contribution in [0.25, 0.3) is 0 Å². The third-order valence-electron chi connectivity index (χ3n) is 7.32. The monoisotopic (exact) mass is 497 g/mol. The zero-order chi connectivity index (χ0) is 28.2. The van der Waals surface area contributed by atoms with Crippen molar-refractivity contribution in [1.82, 2.24) is 20.4 Å². The van der Waals surface area contributed by atoms with E-state index in [1.54, 1.807) is 0 Å². The van der Waals surface area contributed by atoms with Gasteiger partial charge in [-0.3, -0.25) is 9.80 Å². The van der Waals surface area contributed by atoms with E-state index in [0.29, 0.717) is 36.3 Å². The van der Waals surface area contributed by atoms with Crippen LogP contribution in [0.1, 0.15) is 144 Å². The van der Waals surface area contributed by atoms with Crippen molar-refractivity contribution in [3.63, 3.8) is 0 Å². The van der Waals surface area contributed by atoms with E-state index >= 15 is 0 Å². The summed E-state index contributed by atoms with van der Waals surface area (Å²) in [6.07, 6.45) is 3.33. The maximum Gasteiger partial charge on any atom is 0.0173 e. The molecule has 0 spiro atoms. The number of hydrogen-bond donors (Lipinski definition) is 2. The first-order valence-corrected chi connectivity index (χ1v) is 14.6. The van der Waals surface area contributed by atoms with E-state index in [4.69, 9.17) is 0 Å². The van der Waals surface area contributed by atoms with E-state index in [1.807, 2.05) is 0 Å². The molecular weight excluding hydrogens is 428 g/mol. The lowest BCUT2D eigenvalue weighted by Crippen LogP contribution is -2.60. The third-order valence-corrected chi connectivity index (χ3v) is 7.32. The lowest BCUT2D eigenvalue weighted by atomic mass is 9.82. The fourth-order valence-corrected chi connectivity index (χ4v) is 8.19. The highest BCUT2D eigenvalue weighted by Gasteiger charge is 2.37. The van der Waals surface area contributed by atoms with Crippen molar-refractivity contribution in [1.29, 1.82) is 0 Å². The van der Waals surface area contributed by atoms with Crippen LogP contribution in [0.2, 0.25) is 0 Å². The minimum atomic E-state index is 0.0251. The topological polar surface area (TPSA) is 30.5 Å². The van der Waals surface area contributed by atoms with Crippen LogP contribution in [-0.4, -0.2) is 68.2 Å². The van der Waals surface area contributed by atoms with Gasteiger partial charge in [0.2, 0.25) is 0 Å². The molecule has 0 radical (unpaired) electrons. The van der Waals surface area contributed by atoms with Crippen molar-refractivity contribution in [3.05, 3.63) is 0 Å². The quantitative estimate of drug-likeness (QED) is 0.232. The van der Waals surface area contributed by atoms with Gasteiger partial charge in [0.05, 0.1) is 0 Å². The average Bonchev–Trinajstić information content (AvgIpc) is 2.46. The predicted octanol–water partition coefficient (Wildman–Crippen LogP) is 7.46. The standard InChI is InChI=1S/C31H68N4/c1-22(2)34(23(3)4)27(10)20-28(11,12)33-30(15,16)21-29(13,14)32-26(9)19-31(17,18)35(24(5)6)25(7)8/h22-27,32-33H,19-21H2,1-18H3. The van der Waals surface area contributed by atoms with Gasteiger partial charge in [-0.2, -0.15) is 0 Å². The van der Waals surface area contributed by atoms with Crippen LogP contribution in [-0.2, 0) is 0 Å². The maximum atomic E-state index is 4.05. The summed E-state index contributed by atoms with van der Waals surface area (Å²) in [4.78, 5) is 5.30. The molecule has 212 valence electrons. The smallest absolute Gasteiger partial charge is 0.0173 e. The largest absolute Gasteiger partial charge is 0.309 e. The molecule has 0 bridgehead atoms. The molecule has 4 heteroatoms. The molecule has 0 aromatic rings. The molecule has 2 N–H and O–H groups in total. The van der Waals surface area contributed by atoms with Gasteiger partial charge in [0.15, 0.2) is 0 Å². The first-order valence-electron chi connectivity index (χ1n) is 14.6. The minimum Gasteiger partial charge on any atom is -0.309 e. The first-order chi connectivity index (χ1) is 15.4. The van der Waals surface area contributed by atoms with Crippen LogP contribution >= 0.6 is 0 Å². The third kappa shape index (κ3) is 12.3. The van der Waals surface area contributed by atoms with Gasteiger partial charge in [-0.15, -0.1) is 0 Å². The average molecular weight is 497 g/mol. The van der Waals surface area contributed by atoms with Gasteiger partial charge >= 0.3 is 0 Å². The predicted molar refractivity (Wildman–Crippen MR) is 160 cm³/mol. The molecule has 0 aliphatic rings. The molecule has 2 unspecified atom stereocenters. The summed E-state index contributed by atoms with van der Waals surface area (Å²) in [5.41, 5.74) is 0.270. The SMILES string of the molecule is CC(CC(C)(C)N(C(C)C)C(C)C)NC(C)(C)CC(C)(C)NC(C)(C)CC(C)N(C(C)C)C(C)C. The molecule has 0 heterocycles. The molecule has 2 atom stereocenters. The molecule has 0 amide bonds. The summed E-state index contributed by atoms with van der Waals surface area (Å²) in [6.45, 7) is 42.4. The molecular formula is C31H68N4. The Labute approximate surface area is 222 Å². The van der Waals surface area contributed by atoms with Crippen molar-refractivity contribution in [2.45, 2.75) is 202 Å². The maximum absolute atomic E-state index is 4.05. The lowest BCUT2D eigenvalue weighted by molar-refractivity contribution is 0.0351. The van der Waals surface area contributed by atoms with Crippen LogP contribution in [0.4, 0.5) is 0 Å². The summed E-state index contributed by atoms with van der Waals surface area (Å²) in [5.74, 6) is 0. The summed E-state index contributed by atoms with van der Waals surface area (Å²) in [5, 5.41) is 8.05. The molecule has 0 saturated carbocycles. The number of rotatable bonds is 16. The van der Waals surface area contributed by atoms with Crippen molar-refractivity contribution in [2.24, 2.45) is 0 Å². The van der Waals surface area contributed by atoms with Crippen LogP contribution in [0.3, 0.4) is 0 Å². The zero-order valence-corrected chi connectivity index (χ0v) is 27.5. The summed E-state index contributed by atoms with van der Waals surface area (Å²) < 4.78 is 0. The van der Waals surface area contributed by atoms with E-state index < -0.39 is 0 Å². The Balaban J connectivity index is 5.26. The van der Waals surface area contributed by atoms with Crippen molar-refractivity contribution in [3.8, 4) is 0 Å². The van der Waals surface area contributed by atoms with Gasteiger partial charge in [0.25, 0.3) is 0 Å². The zero-order valence-electron chi connectivity index (χ0n) is 27.5. The Bertz CT molecular complexity index is 585. The minimum absolute atomic E-state index is 0.0251. The normalized spacial score (nSPS) is 16.5. The Morgan fingerprint density at radius 3 is 1.34 bits per heavy atom. The van der Waals surface area contributed by atoms with Crippen molar-refractivity contribution in [2.75, 3.05) is 0 Å². The molecule has 0 aromatic carbocycles. The fraction of sp³-hybridized carbons (Fsp3) is 1.00. The highest BCUT2D eigenvalue weighted by Crippen LogP contribution is 2.29. The Kier molecular flexibility index (Phi) is 13.0. The molecule has 0 aliphatic carbocycles. The Hall–Kier alpha value is -0.160. The molecule has 4 nitrogen and oxygen atoms in total. The summed E-state index contributed by atoms with van der Waals surface area (Å²) in [7, 11) is 0. The van der Waals surface area contributed by atoms with Gasteiger partial charge < -0.3 is 10.6 Å². The first kappa shape index (κ1) is 34.8. The van der Waals surface area contributed by atoms with Crippen LogP contribution in [0, 0.1) is 0 Å².